The van der Waals surface area contributed by atoms with Gasteiger partial charge in [0.1, 0.15) is 0 Å². The van der Waals surface area contributed by atoms with E-state index in [0.29, 0.717) is 6.42 Å². The summed E-state index contributed by atoms with van der Waals surface area (Å²) in [5.41, 5.74) is 9.37. The minimum Gasteiger partial charge on any atom is -0.327 e. The molecule has 3 heteroatoms. The molecular formula is C17H28N2O. The number of nitrogens with one attached hydrogen (secondary N) is 1. The van der Waals surface area contributed by atoms with Crippen LogP contribution in [0.4, 0.5) is 5.69 Å². The second-order valence-corrected chi connectivity index (χ2v) is 6.38. The Bertz CT molecular complexity index is 438. The Balaban J connectivity index is 2.85. The fourth-order valence-corrected chi connectivity index (χ4v) is 2.10. The molecule has 0 aliphatic heterocycles. The van der Waals surface area contributed by atoms with Gasteiger partial charge >= 0.3 is 0 Å². The Morgan fingerprint density at radius 2 is 1.70 bits per heavy atom. The van der Waals surface area contributed by atoms with E-state index in [-0.39, 0.29) is 17.4 Å². The SMILES string of the molecule is CCc1cccc(CC)c1NC(=O)CC(N)C(C)(C)C. The fraction of sp³-hybridized carbons (Fsp3) is 0.588. The van der Waals surface area contributed by atoms with Crippen LogP contribution in [0, 0.1) is 5.41 Å². The van der Waals surface area contributed by atoms with Crippen molar-refractivity contribution in [1.82, 2.24) is 0 Å². The fourth-order valence-electron chi connectivity index (χ4n) is 2.10. The summed E-state index contributed by atoms with van der Waals surface area (Å²) < 4.78 is 0. The number of amides is 1. The Morgan fingerprint density at radius 3 is 2.10 bits per heavy atom. The summed E-state index contributed by atoms with van der Waals surface area (Å²) in [4.78, 5) is 12.2. The number of aryl methyl sites for hydroxylation is 2. The minimum absolute atomic E-state index is 0.00280. The Kier molecular flexibility index (Phi) is 5.75. The first-order valence-corrected chi connectivity index (χ1v) is 7.45. The van der Waals surface area contributed by atoms with Crippen molar-refractivity contribution >= 4 is 11.6 Å². The van der Waals surface area contributed by atoms with Crippen LogP contribution >= 0.6 is 0 Å². The van der Waals surface area contributed by atoms with E-state index in [9.17, 15) is 4.79 Å². The summed E-state index contributed by atoms with van der Waals surface area (Å²) in [7, 11) is 0. The van der Waals surface area contributed by atoms with E-state index in [1.165, 1.54) is 11.1 Å². The number of hydrogen-bond acceptors (Lipinski definition) is 2. The van der Waals surface area contributed by atoms with Crippen LogP contribution in [0.2, 0.25) is 0 Å². The summed E-state index contributed by atoms with van der Waals surface area (Å²) >= 11 is 0. The van der Waals surface area contributed by atoms with E-state index < -0.39 is 0 Å². The molecule has 0 aliphatic rings. The molecule has 1 unspecified atom stereocenters. The van der Waals surface area contributed by atoms with Gasteiger partial charge in [-0.1, -0.05) is 52.8 Å². The maximum atomic E-state index is 12.2. The first-order valence-electron chi connectivity index (χ1n) is 7.45. The first-order chi connectivity index (χ1) is 9.29. The van der Waals surface area contributed by atoms with Crippen LogP contribution in [-0.4, -0.2) is 11.9 Å². The van der Waals surface area contributed by atoms with Crippen molar-refractivity contribution in [3.05, 3.63) is 29.3 Å². The van der Waals surface area contributed by atoms with Crippen molar-refractivity contribution in [3.8, 4) is 0 Å². The van der Waals surface area contributed by atoms with Gasteiger partial charge in [0.2, 0.25) is 5.91 Å². The first kappa shape index (κ1) is 16.7. The van der Waals surface area contributed by atoms with Crippen molar-refractivity contribution in [1.29, 1.82) is 0 Å². The van der Waals surface area contributed by atoms with E-state index in [1.54, 1.807) is 0 Å². The van der Waals surface area contributed by atoms with Gasteiger partial charge in [-0.3, -0.25) is 4.79 Å². The summed E-state index contributed by atoms with van der Waals surface area (Å²) in [6.45, 7) is 10.4. The summed E-state index contributed by atoms with van der Waals surface area (Å²) in [6.07, 6.45) is 2.17. The number of carbonyl (C=O) groups is 1. The summed E-state index contributed by atoms with van der Waals surface area (Å²) in [5, 5.41) is 3.07. The number of benzene rings is 1. The van der Waals surface area contributed by atoms with Crippen LogP contribution in [0.3, 0.4) is 0 Å². The molecule has 1 aromatic carbocycles. The van der Waals surface area contributed by atoms with E-state index in [0.717, 1.165) is 18.5 Å². The van der Waals surface area contributed by atoms with Crippen LogP contribution in [0.5, 0.6) is 0 Å². The zero-order chi connectivity index (χ0) is 15.3. The molecule has 112 valence electrons. The van der Waals surface area contributed by atoms with Gasteiger partial charge in [-0.15, -0.1) is 0 Å². The molecule has 1 atom stereocenters. The molecule has 1 aromatic rings. The van der Waals surface area contributed by atoms with Gasteiger partial charge < -0.3 is 11.1 Å². The lowest BCUT2D eigenvalue weighted by Gasteiger charge is -2.26. The molecule has 1 amide bonds. The van der Waals surface area contributed by atoms with Crippen LogP contribution in [0.1, 0.15) is 52.2 Å². The molecule has 0 saturated heterocycles. The molecule has 3 N–H and O–H groups in total. The highest BCUT2D eigenvalue weighted by molar-refractivity contribution is 5.92. The zero-order valence-corrected chi connectivity index (χ0v) is 13.4. The number of para-hydroxylation sites is 1. The third-order valence-corrected chi connectivity index (χ3v) is 3.78. The van der Waals surface area contributed by atoms with Gasteiger partial charge in [-0.2, -0.15) is 0 Å². The van der Waals surface area contributed by atoms with Crippen LogP contribution in [0.25, 0.3) is 0 Å². The number of hydrogen-bond donors (Lipinski definition) is 2. The second kappa shape index (κ2) is 6.89. The van der Waals surface area contributed by atoms with E-state index in [2.05, 4.69) is 52.1 Å². The topological polar surface area (TPSA) is 55.1 Å². The molecule has 0 fully saturated rings. The smallest absolute Gasteiger partial charge is 0.225 e. The highest BCUT2D eigenvalue weighted by Crippen LogP contribution is 2.24. The van der Waals surface area contributed by atoms with Crippen molar-refractivity contribution in [3.63, 3.8) is 0 Å². The predicted octanol–water partition coefficient (Wildman–Crippen LogP) is 3.51. The van der Waals surface area contributed by atoms with E-state index >= 15 is 0 Å². The van der Waals surface area contributed by atoms with Crippen molar-refractivity contribution in [2.45, 2.75) is 59.9 Å². The number of carbonyl (C=O) groups excluding carboxylic acids is 1. The third kappa shape index (κ3) is 4.34. The monoisotopic (exact) mass is 276 g/mol. The average molecular weight is 276 g/mol. The maximum absolute atomic E-state index is 12.2. The third-order valence-electron chi connectivity index (χ3n) is 3.78. The minimum atomic E-state index is -0.138. The van der Waals surface area contributed by atoms with Gasteiger partial charge in [0, 0.05) is 18.2 Å². The predicted molar refractivity (Wildman–Crippen MR) is 85.9 cm³/mol. The highest BCUT2D eigenvalue weighted by Gasteiger charge is 2.23. The van der Waals surface area contributed by atoms with Crippen molar-refractivity contribution in [2.75, 3.05) is 5.32 Å². The Labute approximate surface area is 122 Å². The van der Waals surface area contributed by atoms with Crippen molar-refractivity contribution < 1.29 is 4.79 Å². The highest BCUT2D eigenvalue weighted by atomic mass is 16.1. The average Bonchev–Trinajstić information content (AvgIpc) is 2.37. The lowest BCUT2D eigenvalue weighted by Crippen LogP contribution is -2.38. The van der Waals surface area contributed by atoms with Crippen LogP contribution in [0.15, 0.2) is 18.2 Å². The van der Waals surface area contributed by atoms with Gasteiger partial charge in [-0.25, -0.2) is 0 Å². The Hall–Kier alpha value is -1.35. The van der Waals surface area contributed by atoms with Gasteiger partial charge in [-0.05, 0) is 29.4 Å². The molecular weight excluding hydrogens is 248 g/mol. The maximum Gasteiger partial charge on any atom is 0.225 e. The zero-order valence-electron chi connectivity index (χ0n) is 13.4. The molecule has 0 heterocycles. The summed E-state index contributed by atoms with van der Waals surface area (Å²) in [6, 6.07) is 6.05. The number of nitrogens with two attached hydrogens (primary N) is 1. The lowest BCUT2D eigenvalue weighted by atomic mass is 9.85. The largest absolute Gasteiger partial charge is 0.327 e. The standard InChI is InChI=1S/C17H28N2O/c1-6-12-9-8-10-13(7-2)16(12)19-15(20)11-14(18)17(3,4)5/h8-10,14H,6-7,11,18H2,1-5H3,(H,19,20). The molecule has 1 rings (SSSR count). The summed E-state index contributed by atoms with van der Waals surface area (Å²) in [5.74, 6) is 0.00280. The lowest BCUT2D eigenvalue weighted by molar-refractivity contribution is -0.117. The van der Waals surface area contributed by atoms with Crippen LogP contribution in [-0.2, 0) is 17.6 Å². The number of rotatable bonds is 5. The molecule has 0 spiro atoms. The normalized spacial score (nSPS) is 13.1. The number of anilines is 1. The molecule has 0 saturated carbocycles. The van der Waals surface area contributed by atoms with Gasteiger partial charge in [0.05, 0.1) is 0 Å². The molecule has 0 aromatic heterocycles. The second-order valence-electron chi connectivity index (χ2n) is 6.38. The molecule has 0 aliphatic carbocycles. The van der Waals surface area contributed by atoms with Gasteiger partial charge in [0.15, 0.2) is 0 Å². The van der Waals surface area contributed by atoms with E-state index in [1.807, 2.05) is 6.07 Å². The molecule has 20 heavy (non-hydrogen) atoms. The van der Waals surface area contributed by atoms with Crippen LogP contribution < -0.4 is 11.1 Å². The quantitative estimate of drug-likeness (QED) is 0.864. The van der Waals surface area contributed by atoms with E-state index in [4.69, 9.17) is 5.73 Å². The molecule has 0 radical (unpaired) electrons. The van der Waals surface area contributed by atoms with Crippen molar-refractivity contribution in [2.24, 2.45) is 11.1 Å². The molecule has 0 bridgehead atoms. The van der Waals surface area contributed by atoms with Gasteiger partial charge in [0.25, 0.3) is 0 Å². The Morgan fingerprint density at radius 1 is 1.20 bits per heavy atom. The molecule has 3 nitrogen and oxygen atoms in total.